The Morgan fingerprint density at radius 3 is 1.83 bits per heavy atom. The Morgan fingerprint density at radius 2 is 1.40 bits per heavy atom. The molecule has 0 aliphatic carbocycles. The van der Waals surface area contributed by atoms with Gasteiger partial charge in [-0.15, -0.1) is 0 Å². The highest BCUT2D eigenvalue weighted by Crippen LogP contribution is 2.36. The van der Waals surface area contributed by atoms with E-state index in [1.165, 1.54) is 0 Å². The van der Waals surface area contributed by atoms with Crippen LogP contribution in [-0.2, 0) is 34.8 Å². The summed E-state index contributed by atoms with van der Waals surface area (Å²) in [6.07, 6.45) is -11.1. The van der Waals surface area contributed by atoms with Crippen LogP contribution in [0, 0.1) is 0 Å². The number of rotatable bonds is 6. The molecule has 0 aromatic heterocycles. The van der Waals surface area contributed by atoms with Gasteiger partial charge in [-0.1, -0.05) is 28.1 Å². The number of halogens is 7. The average molecular weight is 498 g/mol. The second-order valence-corrected chi connectivity index (χ2v) is 7.30. The molecule has 0 aliphatic heterocycles. The summed E-state index contributed by atoms with van der Waals surface area (Å²) in [4.78, 5) is 23.6. The van der Waals surface area contributed by atoms with Gasteiger partial charge in [0.05, 0.1) is 17.5 Å². The van der Waals surface area contributed by atoms with E-state index in [0.717, 1.165) is 4.47 Å². The van der Waals surface area contributed by atoms with Crippen LogP contribution in [-0.4, -0.2) is 23.0 Å². The van der Waals surface area contributed by atoms with Gasteiger partial charge < -0.3 is 10.4 Å². The van der Waals surface area contributed by atoms with E-state index in [9.17, 15) is 41.0 Å². The molecular formula is C19H14BrF6NO3. The van der Waals surface area contributed by atoms with Crippen molar-refractivity contribution >= 4 is 27.8 Å². The molecule has 30 heavy (non-hydrogen) atoms. The molecule has 1 amide bonds. The van der Waals surface area contributed by atoms with Crippen molar-refractivity contribution in [2.24, 2.45) is 0 Å². The van der Waals surface area contributed by atoms with Gasteiger partial charge in [-0.05, 0) is 41.5 Å². The van der Waals surface area contributed by atoms with Crippen molar-refractivity contribution in [2.45, 2.75) is 31.2 Å². The van der Waals surface area contributed by atoms with Crippen molar-refractivity contribution < 1.29 is 41.0 Å². The minimum absolute atomic E-state index is 0.0466. The Hall–Kier alpha value is -2.56. The minimum atomic E-state index is -5.04. The fourth-order valence-electron chi connectivity index (χ4n) is 2.61. The smallest absolute Gasteiger partial charge is 0.416 e. The molecule has 2 aromatic rings. The van der Waals surface area contributed by atoms with Crippen LogP contribution in [0.2, 0.25) is 0 Å². The quantitative estimate of drug-likeness (QED) is 0.561. The van der Waals surface area contributed by atoms with Crippen molar-refractivity contribution in [3.63, 3.8) is 0 Å². The van der Waals surface area contributed by atoms with E-state index in [1.54, 1.807) is 24.3 Å². The second-order valence-electron chi connectivity index (χ2n) is 6.38. The number of nitrogens with one attached hydrogen (secondary N) is 1. The number of alkyl halides is 6. The minimum Gasteiger partial charge on any atom is -0.480 e. The van der Waals surface area contributed by atoms with Gasteiger partial charge in [0.15, 0.2) is 0 Å². The van der Waals surface area contributed by atoms with E-state index in [1.807, 2.05) is 0 Å². The van der Waals surface area contributed by atoms with E-state index < -0.39 is 53.4 Å². The predicted octanol–water partition coefficient (Wildman–Crippen LogP) is 4.84. The largest absolute Gasteiger partial charge is 0.480 e. The molecule has 2 N–H and O–H groups in total. The molecule has 0 saturated carbocycles. The summed E-state index contributed by atoms with van der Waals surface area (Å²) in [5.41, 5.74) is -3.08. The van der Waals surface area contributed by atoms with Gasteiger partial charge in [0.25, 0.3) is 0 Å². The maximum absolute atomic E-state index is 12.9. The second kappa shape index (κ2) is 9.07. The van der Waals surface area contributed by atoms with E-state index in [4.69, 9.17) is 0 Å². The lowest BCUT2D eigenvalue weighted by Gasteiger charge is -2.16. The van der Waals surface area contributed by atoms with E-state index in [2.05, 4.69) is 21.2 Å². The highest BCUT2D eigenvalue weighted by Gasteiger charge is 2.37. The van der Waals surface area contributed by atoms with E-state index >= 15 is 0 Å². The van der Waals surface area contributed by atoms with Gasteiger partial charge in [0.2, 0.25) is 5.91 Å². The summed E-state index contributed by atoms with van der Waals surface area (Å²) in [5, 5.41) is 11.4. The molecule has 11 heteroatoms. The summed E-state index contributed by atoms with van der Waals surface area (Å²) in [5.74, 6) is -2.42. The highest BCUT2D eigenvalue weighted by molar-refractivity contribution is 9.10. The molecule has 0 unspecified atom stereocenters. The molecule has 0 fully saturated rings. The third kappa shape index (κ3) is 6.75. The van der Waals surface area contributed by atoms with E-state index in [0.29, 0.717) is 17.7 Å². The van der Waals surface area contributed by atoms with Gasteiger partial charge >= 0.3 is 18.3 Å². The SMILES string of the molecule is O=C(Cc1cc(C(F)(F)F)cc(C(F)(F)F)c1)N[C@H](Cc1ccc(Br)cc1)C(=O)O. The number of amides is 1. The number of carboxylic acids is 1. The van der Waals surface area contributed by atoms with Crippen molar-refractivity contribution in [1.82, 2.24) is 5.32 Å². The molecule has 0 aliphatic rings. The Labute approximate surface area is 175 Å². The fourth-order valence-corrected chi connectivity index (χ4v) is 2.87. The summed E-state index contributed by atoms with van der Waals surface area (Å²) >= 11 is 3.21. The number of carboxylic acid groups (broad SMARTS) is 1. The zero-order chi connectivity index (χ0) is 22.7. The third-order valence-corrected chi connectivity index (χ3v) is 4.53. The van der Waals surface area contributed by atoms with Gasteiger partial charge in [0.1, 0.15) is 6.04 Å². The van der Waals surface area contributed by atoms with Crippen molar-refractivity contribution in [3.05, 3.63) is 69.2 Å². The van der Waals surface area contributed by atoms with Gasteiger partial charge in [0, 0.05) is 10.9 Å². The molecular weight excluding hydrogens is 484 g/mol. The third-order valence-electron chi connectivity index (χ3n) is 4.00. The molecule has 2 rings (SSSR count). The van der Waals surface area contributed by atoms with Crippen LogP contribution in [0.4, 0.5) is 26.3 Å². The molecule has 0 spiro atoms. The summed E-state index contributed by atoms with van der Waals surface area (Å²) < 4.78 is 78.2. The van der Waals surface area contributed by atoms with Crippen LogP contribution in [0.15, 0.2) is 46.9 Å². The average Bonchev–Trinajstić information content (AvgIpc) is 2.61. The highest BCUT2D eigenvalue weighted by atomic mass is 79.9. The zero-order valence-electron chi connectivity index (χ0n) is 14.9. The Bertz CT molecular complexity index is 893. The standard InChI is InChI=1S/C19H14BrF6NO3/c20-14-3-1-10(2-4-14)7-15(17(29)30)27-16(28)8-11-5-12(18(21,22)23)9-13(6-11)19(24,25)26/h1-6,9,15H,7-8H2,(H,27,28)(H,29,30)/t15-/m1/s1. The van der Waals surface area contributed by atoms with Crippen LogP contribution in [0.25, 0.3) is 0 Å². The molecule has 0 bridgehead atoms. The Kier molecular flexibility index (Phi) is 7.17. The molecule has 2 aromatic carbocycles. The van der Waals surface area contributed by atoms with E-state index in [-0.39, 0.29) is 12.5 Å². The Balaban J connectivity index is 2.20. The van der Waals surface area contributed by atoms with Gasteiger partial charge in [-0.3, -0.25) is 4.79 Å². The number of benzene rings is 2. The normalized spacial score (nSPS) is 13.0. The number of carbonyl (C=O) groups excluding carboxylic acids is 1. The molecule has 0 radical (unpaired) electrons. The van der Waals surface area contributed by atoms with Gasteiger partial charge in [-0.25, -0.2) is 4.79 Å². The fraction of sp³-hybridized carbons (Fsp3) is 0.263. The van der Waals surface area contributed by atoms with Crippen LogP contribution >= 0.6 is 15.9 Å². The molecule has 1 atom stereocenters. The predicted molar refractivity (Wildman–Crippen MR) is 97.6 cm³/mol. The topological polar surface area (TPSA) is 66.4 Å². The first-order valence-electron chi connectivity index (χ1n) is 8.30. The number of hydrogen-bond acceptors (Lipinski definition) is 2. The van der Waals surface area contributed by atoms with Crippen LogP contribution in [0.5, 0.6) is 0 Å². The van der Waals surface area contributed by atoms with Gasteiger partial charge in [-0.2, -0.15) is 26.3 Å². The lowest BCUT2D eigenvalue weighted by Crippen LogP contribution is -2.43. The summed E-state index contributed by atoms with van der Waals surface area (Å²) in [6, 6.07) is 5.91. The lowest BCUT2D eigenvalue weighted by atomic mass is 10.0. The molecule has 0 heterocycles. The molecule has 4 nitrogen and oxygen atoms in total. The lowest BCUT2D eigenvalue weighted by molar-refractivity contribution is -0.143. The number of hydrogen-bond donors (Lipinski definition) is 2. The first kappa shape index (κ1) is 23.7. The molecule has 162 valence electrons. The van der Waals surface area contributed by atoms with Crippen LogP contribution in [0.1, 0.15) is 22.3 Å². The summed E-state index contributed by atoms with van der Waals surface area (Å²) in [7, 11) is 0. The number of aliphatic carboxylic acids is 1. The first-order valence-corrected chi connectivity index (χ1v) is 9.10. The first-order chi connectivity index (χ1) is 13.8. The molecule has 0 saturated heterocycles. The zero-order valence-corrected chi connectivity index (χ0v) is 16.5. The summed E-state index contributed by atoms with van der Waals surface area (Å²) in [6.45, 7) is 0. The maximum Gasteiger partial charge on any atom is 0.416 e. The van der Waals surface area contributed by atoms with Crippen LogP contribution in [0.3, 0.4) is 0 Å². The van der Waals surface area contributed by atoms with Crippen LogP contribution < -0.4 is 5.32 Å². The maximum atomic E-state index is 12.9. The Morgan fingerprint density at radius 1 is 0.900 bits per heavy atom. The van der Waals surface area contributed by atoms with Crippen molar-refractivity contribution in [2.75, 3.05) is 0 Å². The number of carbonyl (C=O) groups is 2. The monoisotopic (exact) mass is 497 g/mol. The van der Waals surface area contributed by atoms with Crippen molar-refractivity contribution in [1.29, 1.82) is 0 Å². The van der Waals surface area contributed by atoms with Crippen molar-refractivity contribution in [3.8, 4) is 0 Å².